The maximum Gasteiger partial charge on any atom is 0.303 e. The summed E-state index contributed by atoms with van der Waals surface area (Å²) in [5.74, 6) is 0.971. The number of rotatable bonds is 4. The van der Waals surface area contributed by atoms with Gasteiger partial charge in [-0.3, -0.25) is 4.79 Å². The van der Waals surface area contributed by atoms with Crippen LogP contribution in [0.3, 0.4) is 0 Å². The highest BCUT2D eigenvalue weighted by molar-refractivity contribution is 6.32. The van der Waals surface area contributed by atoms with Crippen molar-refractivity contribution in [2.45, 2.75) is 38.5 Å². The lowest BCUT2D eigenvalue weighted by atomic mass is 9.87. The first-order valence-electron chi connectivity index (χ1n) is 7.38. The van der Waals surface area contributed by atoms with Gasteiger partial charge in [0.05, 0.1) is 24.7 Å². The Bertz CT molecular complexity index is 566. The van der Waals surface area contributed by atoms with E-state index in [4.69, 9.17) is 21.1 Å². The van der Waals surface area contributed by atoms with Gasteiger partial charge in [-0.2, -0.15) is 0 Å². The molecule has 1 atom stereocenters. The average molecular weight is 311 g/mol. The quantitative estimate of drug-likeness (QED) is 0.919. The van der Waals surface area contributed by atoms with Gasteiger partial charge < -0.3 is 14.6 Å². The van der Waals surface area contributed by atoms with Crippen molar-refractivity contribution in [3.05, 3.63) is 22.2 Å². The van der Waals surface area contributed by atoms with Gasteiger partial charge in [0.1, 0.15) is 0 Å². The second-order valence-electron chi connectivity index (χ2n) is 5.82. The Labute approximate surface area is 129 Å². The van der Waals surface area contributed by atoms with E-state index < -0.39 is 5.97 Å². The lowest BCUT2D eigenvalue weighted by Crippen LogP contribution is -2.11. The highest BCUT2D eigenvalue weighted by atomic mass is 35.5. The predicted octanol–water partition coefficient (Wildman–Crippen LogP) is 3.78. The molecule has 5 heteroatoms. The molecule has 0 radical (unpaired) electrons. The molecule has 4 nitrogen and oxygen atoms in total. The van der Waals surface area contributed by atoms with E-state index in [0.29, 0.717) is 35.7 Å². The van der Waals surface area contributed by atoms with Crippen molar-refractivity contribution >= 4 is 17.6 Å². The molecule has 3 rings (SSSR count). The zero-order valence-corrected chi connectivity index (χ0v) is 12.8. The highest BCUT2D eigenvalue weighted by Gasteiger charge is 2.36. The zero-order valence-electron chi connectivity index (χ0n) is 12.0. The van der Waals surface area contributed by atoms with Crippen LogP contribution in [0.1, 0.15) is 42.7 Å². The Kier molecular flexibility index (Phi) is 3.98. The van der Waals surface area contributed by atoms with E-state index in [1.54, 1.807) is 0 Å². The minimum absolute atomic E-state index is 0.0113. The van der Waals surface area contributed by atoms with Crippen LogP contribution in [0.5, 0.6) is 11.5 Å². The van der Waals surface area contributed by atoms with Crippen LogP contribution in [0.4, 0.5) is 0 Å². The van der Waals surface area contributed by atoms with Crippen LogP contribution in [0.15, 0.2) is 6.07 Å². The van der Waals surface area contributed by atoms with Crippen LogP contribution >= 0.6 is 11.6 Å². The first-order valence-corrected chi connectivity index (χ1v) is 7.76. The fourth-order valence-electron chi connectivity index (χ4n) is 3.04. The largest absolute Gasteiger partial charge is 0.489 e. The molecule has 0 spiro atoms. The summed E-state index contributed by atoms with van der Waals surface area (Å²) in [6, 6.07) is 1.87. The highest BCUT2D eigenvalue weighted by Crippen LogP contribution is 2.50. The summed E-state index contributed by atoms with van der Waals surface area (Å²) < 4.78 is 11.5. The lowest BCUT2D eigenvalue weighted by Gasteiger charge is -2.21. The molecule has 1 saturated carbocycles. The molecule has 0 amide bonds. The van der Waals surface area contributed by atoms with Gasteiger partial charge in [-0.25, -0.2) is 0 Å². The van der Waals surface area contributed by atoms with Gasteiger partial charge >= 0.3 is 5.97 Å². The van der Waals surface area contributed by atoms with Gasteiger partial charge in [-0.1, -0.05) is 11.6 Å². The number of halogens is 1. The Morgan fingerprint density at radius 2 is 2.05 bits per heavy atom. The van der Waals surface area contributed by atoms with E-state index in [0.717, 1.165) is 30.4 Å². The molecular weight excluding hydrogens is 292 g/mol. The fraction of sp³-hybridized carbons (Fsp3) is 0.562. The van der Waals surface area contributed by atoms with E-state index in [2.05, 4.69) is 0 Å². The maximum atomic E-state index is 11.2. The van der Waals surface area contributed by atoms with Crippen molar-refractivity contribution in [3.8, 4) is 11.5 Å². The molecule has 1 heterocycles. The number of hydrogen-bond acceptors (Lipinski definition) is 3. The van der Waals surface area contributed by atoms with Crippen molar-refractivity contribution < 1.29 is 19.4 Å². The van der Waals surface area contributed by atoms with Crippen LogP contribution in [-0.4, -0.2) is 24.3 Å². The Hall–Kier alpha value is -1.42. The molecule has 1 fully saturated rings. The first-order chi connectivity index (χ1) is 10.1. The van der Waals surface area contributed by atoms with E-state index in [-0.39, 0.29) is 12.3 Å². The van der Waals surface area contributed by atoms with Gasteiger partial charge in [-0.05, 0) is 48.8 Å². The summed E-state index contributed by atoms with van der Waals surface area (Å²) in [6.45, 7) is 3.16. The summed E-state index contributed by atoms with van der Waals surface area (Å²) in [7, 11) is 0. The van der Waals surface area contributed by atoms with Gasteiger partial charge in [0.15, 0.2) is 11.5 Å². The second-order valence-corrected chi connectivity index (χ2v) is 6.23. The Morgan fingerprint density at radius 3 is 2.67 bits per heavy atom. The molecule has 1 aliphatic heterocycles. The Morgan fingerprint density at radius 1 is 1.38 bits per heavy atom. The van der Waals surface area contributed by atoms with E-state index in [1.807, 2.05) is 13.0 Å². The van der Waals surface area contributed by atoms with Gasteiger partial charge in [0.25, 0.3) is 0 Å². The number of carboxylic acid groups (broad SMARTS) is 1. The van der Waals surface area contributed by atoms with Crippen molar-refractivity contribution in [3.63, 3.8) is 0 Å². The van der Waals surface area contributed by atoms with Gasteiger partial charge in [0.2, 0.25) is 0 Å². The van der Waals surface area contributed by atoms with Crippen LogP contribution < -0.4 is 9.47 Å². The maximum absolute atomic E-state index is 11.2. The molecule has 0 aromatic heterocycles. The third-order valence-corrected chi connectivity index (χ3v) is 4.53. The summed E-state index contributed by atoms with van der Waals surface area (Å²) in [4.78, 5) is 11.2. The number of carbonyl (C=O) groups is 1. The summed E-state index contributed by atoms with van der Waals surface area (Å²) in [5, 5.41) is 9.69. The number of aliphatic carboxylic acids is 1. The molecule has 0 saturated heterocycles. The first kappa shape index (κ1) is 14.5. The van der Waals surface area contributed by atoms with E-state index in [9.17, 15) is 9.90 Å². The lowest BCUT2D eigenvalue weighted by molar-refractivity contribution is -0.137. The van der Waals surface area contributed by atoms with Gasteiger partial charge in [0, 0.05) is 6.42 Å². The van der Waals surface area contributed by atoms with Gasteiger partial charge in [-0.15, -0.1) is 0 Å². The molecule has 21 heavy (non-hydrogen) atoms. The number of fused-ring (bicyclic) bond motifs is 1. The summed E-state index contributed by atoms with van der Waals surface area (Å²) in [5.41, 5.74) is 1.96. The smallest absolute Gasteiger partial charge is 0.303 e. The number of hydrogen-bond donors (Lipinski definition) is 1. The van der Waals surface area contributed by atoms with Crippen LogP contribution in [0.2, 0.25) is 5.02 Å². The summed E-state index contributed by atoms with van der Waals surface area (Å²) in [6.07, 6.45) is 3.13. The molecule has 0 bridgehead atoms. The summed E-state index contributed by atoms with van der Waals surface area (Å²) >= 11 is 6.35. The molecule has 1 aromatic rings. The molecule has 1 aliphatic carbocycles. The SMILES string of the molecule is Cc1c(C(CC(=O)O)C2CC2)cc(Cl)c2c1OCCCO2. The fourth-order valence-corrected chi connectivity index (χ4v) is 3.30. The third kappa shape index (κ3) is 2.95. The number of ether oxygens (including phenoxy) is 2. The number of benzene rings is 1. The zero-order chi connectivity index (χ0) is 15.0. The van der Waals surface area contributed by atoms with E-state index in [1.165, 1.54) is 0 Å². The van der Waals surface area contributed by atoms with Crippen LogP contribution in [0, 0.1) is 12.8 Å². The topological polar surface area (TPSA) is 55.8 Å². The molecule has 1 unspecified atom stereocenters. The van der Waals surface area contributed by atoms with E-state index >= 15 is 0 Å². The molecule has 2 aliphatic rings. The van der Waals surface area contributed by atoms with Crippen molar-refractivity contribution in [2.75, 3.05) is 13.2 Å². The Balaban J connectivity index is 2.03. The van der Waals surface area contributed by atoms with Crippen molar-refractivity contribution in [1.29, 1.82) is 0 Å². The standard InChI is InChI=1S/C16H19ClO4/c1-9-11(12(8-14(18)19)10-3-4-10)7-13(17)16-15(9)20-5-2-6-21-16/h7,10,12H,2-6,8H2,1H3,(H,18,19). The minimum atomic E-state index is -0.769. The molecular formula is C16H19ClO4. The molecule has 1 aromatic carbocycles. The molecule has 114 valence electrons. The second kappa shape index (κ2) is 5.76. The molecule has 1 N–H and O–H groups in total. The van der Waals surface area contributed by atoms with Crippen LogP contribution in [0.25, 0.3) is 0 Å². The monoisotopic (exact) mass is 310 g/mol. The number of carboxylic acids is 1. The minimum Gasteiger partial charge on any atom is -0.489 e. The van der Waals surface area contributed by atoms with Crippen molar-refractivity contribution in [2.24, 2.45) is 5.92 Å². The van der Waals surface area contributed by atoms with Crippen molar-refractivity contribution in [1.82, 2.24) is 0 Å². The third-order valence-electron chi connectivity index (χ3n) is 4.25. The normalized spacial score (nSPS) is 19.0. The van der Waals surface area contributed by atoms with Crippen LogP contribution in [-0.2, 0) is 4.79 Å². The average Bonchev–Trinajstić information content (AvgIpc) is 3.25. The predicted molar refractivity (Wildman–Crippen MR) is 79.5 cm³/mol.